The number of carbonyl (C=O) groups excluding carboxylic acids is 1. The number of carboxylic acids is 1. The average Bonchev–Trinajstić information content (AvgIpc) is 2.46. The summed E-state index contributed by atoms with van der Waals surface area (Å²) in [6.07, 6.45) is 1.36. The van der Waals surface area contributed by atoms with Gasteiger partial charge in [-0.3, -0.25) is 9.59 Å². The van der Waals surface area contributed by atoms with E-state index in [1.807, 2.05) is 0 Å². The summed E-state index contributed by atoms with van der Waals surface area (Å²) in [6, 6.07) is 4.27. The van der Waals surface area contributed by atoms with Gasteiger partial charge in [-0.2, -0.15) is 0 Å². The SMILES string of the molecule is COc1cccc(F)c1C(=O)N1CCC(CC(=O)O)CC1. The van der Waals surface area contributed by atoms with Crippen LogP contribution in [0.4, 0.5) is 4.39 Å². The van der Waals surface area contributed by atoms with Gasteiger partial charge in [0, 0.05) is 19.5 Å². The van der Waals surface area contributed by atoms with Crippen molar-refractivity contribution in [3.8, 4) is 5.75 Å². The van der Waals surface area contributed by atoms with Crippen LogP contribution >= 0.6 is 0 Å². The van der Waals surface area contributed by atoms with Crippen LogP contribution in [0.25, 0.3) is 0 Å². The fraction of sp³-hybridized carbons (Fsp3) is 0.467. The second-order valence-corrected chi connectivity index (χ2v) is 5.15. The van der Waals surface area contributed by atoms with Gasteiger partial charge in [0.05, 0.1) is 7.11 Å². The number of hydrogen-bond donors (Lipinski definition) is 1. The Balaban J connectivity index is 2.07. The minimum absolute atomic E-state index is 0.0586. The number of rotatable bonds is 4. The summed E-state index contributed by atoms with van der Waals surface area (Å²) in [5, 5.41) is 8.78. The third kappa shape index (κ3) is 3.51. The molecule has 1 aromatic rings. The zero-order chi connectivity index (χ0) is 15.4. The first-order valence-electron chi connectivity index (χ1n) is 6.86. The fourth-order valence-corrected chi connectivity index (χ4v) is 2.63. The number of carboxylic acid groups (broad SMARTS) is 1. The van der Waals surface area contributed by atoms with Gasteiger partial charge in [0.1, 0.15) is 17.1 Å². The van der Waals surface area contributed by atoms with Gasteiger partial charge in [-0.1, -0.05) is 6.07 Å². The van der Waals surface area contributed by atoms with E-state index >= 15 is 0 Å². The highest BCUT2D eigenvalue weighted by atomic mass is 19.1. The Morgan fingerprint density at radius 3 is 2.62 bits per heavy atom. The lowest BCUT2D eigenvalue weighted by Crippen LogP contribution is -2.39. The van der Waals surface area contributed by atoms with Crippen LogP contribution in [0.3, 0.4) is 0 Å². The molecule has 1 saturated heterocycles. The van der Waals surface area contributed by atoms with Crippen LogP contribution < -0.4 is 4.74 Å². The standard InChI is InChI=1S/C15H18FNO4/c1-21-12-4-2-3-11(16)14(12)15(20)17-7-5-10(6-8-17)9-13(18)19/h2-4,10H,5-9H2,1H3,(H,18,19). The molecule has 1 heterocycles. The van der Waals surface area contributed by atoms with Crippen LogP contribution in [-0.2, 0) is 4.79 Å². The first-order chi connectivity index (χ1) is 10.0. The second-order valence-electron chi connectivity index (χ2n) is 5.15. The molecular formula is C15H18FNO4. The molecular weight excluding hydrogens is 277 g/mol. The molecule has 0 saturated carbocycles. The van der Waals surface area contributed by atoms with E-state index in [-0.39, 0.29) is 23.7 Å². The van der Waals surface area contributed by atoms with E-state index in [0.717, 1.165) is 0 Å². The molecule has 1 fully saturated rings. The summed E-state index contributed by atoms with van der Waals surface area (Å²) >= 11 is 0. The number of methoxy groups -OCH3 is 1. The fourth-order valence-electron chi connectivity index (χ4n) is 2.63. The number of ether oxygens (including phenoxy) is 1. The third-order valence-corrected chi connectivity index (χ3v) is 3.77. The van der Waals surface area contributed by atoms with Crippen LogP contribution in [0, 0.1) is 11.7 Å². The number of piperidine rings is 1. The van der Waals surface area contributed by atoms with Crippen molar-refractivity contribution in [2.75, 3.05) is 20.2 Å². The molecule has 1 N–H and O–H groups in total. The van der Waals surface area contributed by atoms with Crippen molar-refractivity contribution < 1.29 is 23.8 Å². The highest BCUT2D eigenvalue weighted by molar-refractivity contribution is 5.97. The maximum absolute atomic E-state index is 13.9. The predicted octanol–water partition coefficient (Wildman–Crippen LogP) is 2.16. The van der Waals surface area contributed by atoms with Gasteiger partial charge in [-0.15, -0.1) is 0 Å². The normalized spacial score (nSPS) is 15.8. The van der Waals surface area contributed by atoms with E-state index in [4.69, 9.17) is 9.84 Å². The molecule has 114 valence electrons. The summed E-state index contributed by atoms with van der Waals surface area (Å²) < 4.78 is 18.9. The number of aliphatic carboxylic acids is 1. The maximum Gasteiger partial charge on any atom is 0.303 e. The van der Waals surface area contributed by atoms with E-state index in [0.29, 0.717) is 25.9 Å². The molecule has 0 spiro atoms. The molecule has 5 nitrogen and oxygen atoms in total. The summed E-state index contributed by atoms with van der Waals surface area (Å²) in [4.78, 5) is 24.7. The summed E-state index contributed by atoms with van der Waals surface area (Å²) in [5.41, 5.74) is -0.0586. The largest absolute Gasteiger partial charge is 0.496 e. The smallest absolute Gasteiger partial charge is 0.303 e. The van der Waals surface area contributed by atoms with Gasteiger partial charge in [0.2, 0.25) is 0 Å². The lowest BCUT2D eigenvalue weighted by molar-refractivity contribution is -0.138. The number of benzene rings is 1. The van der Waals surface area contributed by atoms with Crippen LogP contribution in [0.1, 0.15) is 29.6 Å². The highest BCUT2D eigenvalue weighted by Gasteiger charge is 2.28. The molecule has 0 aliphatic carbocycles. The Morgan fingerprint density at radius 2 is 2.05 bits per heavy atom. The molecule has 2 rings (SSSR count). The van der Waals surface area contributed by atoms with Crippen molar-refractivity contribution in [1.29, 1.82) is 0 Å². The van der Waals surface area contributed by atoms with E-state index < -0.39 is 17.7 Å². The molecule has 1 aliphatic rings. The Labute approximate surface area is 122 Å². The van der Waals surface area contributed by atoms with Gasteiger partial charge >= 0.3 is 5.97 Å². The van der Waals surface area contributed by atoms with E-state index in [1.54, 1.807) is 11.0 Å². The zero-order valence-electron chi connectivity index (χ0n) is 11.8. The molecule has 0 bridgehead atoms. The van der Waals surface area contributed by atoms with Crippen molar-refractivity contribution in [3.63, 3.8) is 0 Å². The summed E-state index contributed by atoms with van der Waals surface area (Å²) in [6.45, 7) is 0.878. The number of halogens is 1. The summed E-state index contributed by atoms with van der Waals surface area (Å²) in [7, 11) is 1.39. The number of hydrogen-bond acceptors (Lipinski definition) is 3. The Bertz CT molecular complexity index is 538. The minimum Gasteiger partial charge on any atom is -0.496 e. The average molecular weight is 295 g/mol. The first-order valence-corrected chi connectivity index (χ1v) is 6.86. The molecule has 0 atom stereocenters. The Hall–Kier alpha value is -2.11. The third-order valence-electron chi connectivity index (χ3n) is 3.77. The molecule has 1 aromatic carbocycles. The molecule has 0 unspecified atom stereocenters. The molecule has 1 amide bonds. The first kappa shape index (κ1) is 15.3. The van der Waals surface area contributed by atoms with E-state index in [9.17, 15) is 14.0 Å². The molecule has 6 heteroatoms. The highest BCUT2D eigenvalue weighted by Crippen LogP contribution is 2.26. The number of likely N-dealkylation sites (tertiary alicyclic amines) is 1. The lowest BCUT2D eigenvalue weighted by atomic mass is 9.93. The van der Waals surface area contributed by atoms with Crippen molar-refractivity contribution in [3.05, 3.63) is 29.6 Å². The second kappa shape index (κ2) is 6.56. The van der Waals surface area contributed by atoms with Crippen molar-refractivity contribution in [1.82, 2.24) is 4.90 Å². The molecule has 0 radical (unpaired) electrons. The topological polar surface area (TPSA) is 66.8 Å². The monoisotopic (exact) mass is 295 g/mol. The van der Waals surface area contributed by atoms with Crippen molar-refractivity contribution >= 4 is 11.9 Å². The van der Waals surface area contributed by atoms with Crippen LogP contribution in [0.5, 0.6) is 5.75 Å². The number of nitrogens with zero attached hydrogens (tertiary/aromatic N) is 1. The maximum atomic E-state index is 13.9. The van der Waals surface area contributed by atoms with Crippen molar-refractivity contribution in [2.24, 2.45) is 5.92 Å². The Kier molecular flexibility index (Phi) is 4.77. The molecule has 1 aliphatic heterocycles. The summed E-state index contributed by atoms with van der Waals surface area (Å²) in [5.74, 6) is -1.54. The Morgan fingerprint density at radius 1 is 1.38 bits per heavy atom. The van der Waals surface area contributed by atoms with Crippen LogP contribution in [0.2, 0.25) is 0 Å². The van der Waals surface area contributed by atoms with Gasteiger partial charge in [-0.25, -0.2) is 4.39 Å². The van der Waals surface area contributed by atoms with Crippen LogP contribution in [-0.4, -0.2) is 42.1 Å². The van der Waals surface area contributed by atoms with Crippen molar-refractivity contribution in [2.45, 2.75) is 19.3 Å². The lowest BCUT2D eigenvalue weighted by Gasteiger charge is -2.31. The predicted molar refractivity (Wildman–Crippen MR) is 73.8 cm³/mol. The number of carbonyl (C=O) groups is 2. The van der Waals surface area contributed by atoms with E-state index in [1.165, 1.54) is 19.2 Å². The van der Waals surface area contributed by atoms with Gasteiger partial charge in [0.15, 0.2) is 0 Å². The zero-order valence-corrected chi connectivity index (χ0v) is 11.8. The van der Waals surface area contributed by atoms with Gasteiger partial charge in [0.25, 0.3) is 5.91 Å². The minimum atomic E-state index is -0.824. The van der Waals surface area contributed by atoms with Gasteiger partial charge in [-0.05, 0) is 30.9 Å². The molecule has 21 heavy (non-hydrogen) atoms. The van der Waals surface area contributed by atoms with Crippen LogP contribution in [0.15, 0.2) is 18.2 Å². The number of amides is 1. The molecule has 0 aromatic heterocycles. The van der Waals surface area contributed by atoms with Gasteiger partial charge < -0.3 is 14.7 Å². The van der Waals surface area contributed by atoms with E-state index in [2.05, 4.69) is 0 Å². The quantitative estimate of drug-likeness (QED) is 0.924.